The summed E-state index contributed by atoms with van der Waals surface area (Å²) in [6.45, 7) is 4.31. The van der Waals surface area contributed by atoms with Gasteiger partial charge in [-0.05, 0) is 24.0 Å². The van der Waals surface area contributed by atoms with Crippen LogP contribution in [0.5, 0.6) is 0 Å². The van der Waals surface area contributed by atoms with Crippen molar-refractivity contribution < 1.29 is 0 Å². The zero-order valence-electron chi connectivity index (χ0n) is 9.91. The molecule has 0 aliphatic carbocycles. The molecule has 0 aliphatic rings. The first-order valence-electron chi connectivity index (χ1n) is 5.52. The molecule has 0 aromatic carbocycles. The van der Waals surface area contributed by atoms with Gasteiger partial charge in [-0.3, -0.25) is 0 Å². The highest BCUT2D eigenvalue weighted by Gasteiger charge is 1.87. The standard InChI is InChI=1S/C12H19N3O/c1-3-4-6-9-12(2)10-7-5-8-11-13-14-15-16/h6-12H,3-5H2,1-2H3/b9-6?,10-7?,11-8+,14-13?. The van der Waals surface area contributed by atoms with Crippen molar-refractivity contribution >= 4 is 0 Å². The van der Waals surface area contributed by atoms with Crippen LogP contribution < -0.4 is 0 Å². The van der Waals surface area contributed by atoms with E-state index in [1.807, 2.05) is 6.08 Å². The molecule has 0 saturated carbocycles. The molecule has 0 fully saturated rings. The van der Waals surface area contributed by atoms with E-state index in [4.69, 9.17) is 0 Å². The first-order valence-corrected chi connectivity index (χ1v) is 5.52. The Bertz CT molecular complexity index is 280. The lowest BCUT2D eigenvalue weighted by Crippen LogP contribution is -1.81. The minimum absolute atomic E-state index is 0.457. The van der Waals surface area contributed by atoms with Gasteiger partial charge in [-0.1, -0.05) is 50.6 Å². The van der Waals surface area contributed by atoms with Crippen LogP contribution in [-0.4, -0.2) is 0 Å². The van der Waals surface area contributed by atoms with E-state index in [-0.39, 0.29) is 0 Å². The number of nitrogens with zero attached hydrogens (tertiary/aromatic N) is 3. The van der Waals surface area contributed by atoms with Crippen molar-refractivity contribution in [2.24, 2.45) is 21.5 Å². The Morgan fingerprint density at radius 1 is 1.19 bits per heavy atom. The summed E-state index contributed by atoms with van der Waals surface area (Å²) >= 11 is 0. The number of unbranched alkanes of at least 4 members (excludes halogenated alkanes) is 1. The fourth-order valence-electron chi connectivity index (χ4n) is 1.07. The highest BCUT2D eigenvalue weighted by molar-refractivity contribution is 5.00. The van der Waals surface area contributed by atoms with Crippen LogP contribution in [0.15, 0.2) is 52.2 Å². The summed E-state index contributed by atoms with van der Waals surface area (Å²) in [7, 11) is 0. The molecule has 0 N–H and O–H groups in total. The molecule has 0 amide bonds. The minimum Gasteiger partial charge on any atom is -0.136 e. The predicted molar refractivity (Wildman–Crippen MR) is 66.8 cm³/mol. The molecule has 0 rings (SSSR count). The minimum atomic E-state index is 0.457. The molecule has 0 spiro atoms. The zero-order chi connectivity index (χ0) is 12.1. The van der Waals surface area contributed by atoms with Crippen molar-refractivity contribution in [1.29, 1.82) is 0 Å². The van der Waals surface area contributed by atoms with Gasteiger partial charge in [0.1, 0.15) is 5.29 Å². The summed E-state index contributed by atoms with van der Waals surface area (Å²) in [6, 6.07) is 0. The van der Waals surface area contributed by atoms with Crippen molar-refractivity contribution in [3.05, 3.63) is 41.5 Å². The molecular weight excluding hydrogens is 202 g/mol. The van der Waals surface area contributed by atoms with E-state index in [1.165, 1.54) is 12.6 Å². The van der Waals surface area contributed by atoms with Gasteiger partial charge in [0, 0.05) is 6.20 Å². The Balaban J connectivity index is 3.70. The third kappa shape index (κ3) is 10.5. The molecule has 1 atom stereocenters. The quantitative estimate of drug-likeness (QED) is 0.256. The Labute approximate surface area is 96.8 Å². The first-order chi connectivity index (χ1) is 7.81. The summed E-state index contributed by atoms with van der Waals surface area (Å²) in [5.74, 6) is 0.457. The number of allylic oxidation sites excluding steroid dienone is 5. The highest BCUT2D eigenvalue weighted by Crippen LogP contribution is 2.02. The summed E-state index contributed by atoms with van der Waals surface area (Å²) in [6.07, 6.45) is 15.0. The SMILES string of the molecule is CCCC=CC(C)C=CC/C=C/N=NN=O. The van der Waals surface area contributed by atoms with Crippen LogP contribution in [0.2, 0.25) is 0 Å². The second-order valence-electron chi connectivity index (χ2n) is 3.41. The molecule has 16 heavy (non-hydrogen) atoms. The Hall–Kier alpha value is -1.58. The molecule has 0 aromatic rings. The fourth-order valence-corrected chi connectivity index (χ4v) is 1.07. The predicted octanol–water partition coefficient (Wildman–Crippen LogP) is 4.57. The molecule has 1 unspecified atom stereocenters. The molecule has 4 nitrogen and oxygen atoms in total. The second kappa shape index (κ2) is 11.5. The Morgan fingerprint density at radius 3 is 2.62 bits per heavy atom. The van der Waals surface area contributed by atoms with Gasteiger partial charge in [-0.2, -0.15) is 0 Å². The van der Waals surface area contributed by atoms with Crippen LogP contribution in [0, 0.1) is 10.8 Å². The van der Waals surface area contributed by atoms with E-state index in [2.05, 4.69) is 53.8 Å². The lowest BCUT2D eigenvalue weighted by atomic mass is 10.1. The Morgan fingerprint density at radius 2 is 1.94 bits per heavy atom. The maximum atomic E-state index is 9.54. The molecule has 0 saturated heterocycles. The van der Waals surface area contributed by atoms with Gasteiger partial charge < -0.3 is 0 Å². The third-order valence-electron chi connectivity index (χ3n) is 1.87. The molecule has 0 radical (unpaired) electrons. The van der Waals surface area contributed by atoms with E-state index in [9.17, 15) is 4.91 Å². The molecule has 0 aromatic heterocycles. The number of hydrogen-bond donors (Lipinski definition) is 0. The number of rotatable bonds is 8. The lowest BCUT2D eigenvalue weighted by Gasteiger charge is -1.96. The smallest absolute Gasteiger partial charge is 0.100 e. The van der Waals surface area contributed by atoms with Gasteiger partial charge in [-0.15, -0.1) is 10.0 Å². The maximum absolute atomic E-state index is 9.54. The van der Waals surface area contributed by atoms with Crippen molar-refractivity contribution in [3.63, 3.8) is 0 Å². The van der Waals surface area contributed by atoms with Crippen LogP contribution in [0.4, 0.5) is 0 Å². The van der Waals surface area contributed by atoms with E-state index < -0.39 is 0 Å². The Kier molecular flexibility index (Phi) is 10.4. The fraction of sp³-hybridized carbons (Fsp3) is 0.500. The van der Waals surface area contributed by atoms with E-state index in [0.29, 0.717) is 5.92 Å². The van der Waals surface area contributed by atoms with Gasteiger partial charge in [-0.25, -0.2) is 0 Å². The maximum Gasteiger partial charge on any atom is 0.100 e. The summed E-state index contributed by atoms with van der Waals surface area (Å²) in [5, 5.41) is 8.56. The van der Waals surface area contributed by atoms with Crippen molar-refractivity contribution in [3.8, 4) is 0 Å². The average molecular weight is 221 g/mol. The first kappa shape index (κ1) is 14.4. The lowest BCUT2D eigenvalue weighted by molar-refractivity contribution is 0.898. The number of nitroso groups, excluding NO2 is 1. The van der Waals surface area contributed by atoms with E-state index in [0.717, 1.165) is 12.8 Å². The zero-order valence-corrected chi connectivity index (χ0v) is 9.91. The van der Waals surface area contributed by atoms with Gasteiger partial charge in [0.05, 0.1) is 0 Å². The second-order valence-corrected chi connectivity index (χ2v) is 3.41. The number of hydrogen-bond acceptors (Lipinski definition) is 2. The summed E-state index contributed by atoms with van der Waals surface area (Å²) < 4.78 is 0. The monoisotopic (exact) mass is 221 g/mol. The van der Waals surface area contributed by atoms with Crippen LogP contribution in [0.3, 0.4) is 0 Å². The molecule has 0 bridgehead atoms. The summed E-state index contributed by atoms with van der Waals surface area (Å²) in [5.41, 5.74) is 0. The normalized spacial score (nSPS) is 14.6. The highest BCUT2D eigenvalue weighted by atomic mass is 16.3. The summed E-state index contributed by atoms with van der Waals surface area (Å²) in [4.78, 5) is 9.54. The molecule has 4 heteroatoms. The topological polar surface area (TPSA) is 54.1 Å². The van der Waals surface area contributed by atoms with Crippen LogP contribution in [0.25, 0.3) is 0 Å². The molecule has 0 heterocycles. The van der Waals surface area contributed by atoms with Gasteiger partial charge in [0.25, 0.3) is 0 Å². The molecule has 88 valence electrons. The van der Waals surface area contributed by atoms with Gasteiger partial charge in [0.2, 0.25) is 0 Å². The van der Waals surface area contributed by atoms with Crippen molar-refractivity contribution in [2.75, 3.05) is 0 Å². The van der Waals surface area contributed by atoms with Crippen molar-refractivity contribution in [1.82, 2.24) is 0 Å². The third-order valence-corrected chi connectivity index (χ3v) is 1.87. The van der Waals surface area contributed by atoms with E-state index >= 15 is 0 Å². The van der Waals surface area contributed by atoms with Crippen LogP contribution >= 0.6 is 0 Å². The van der Waals surface area contributed by atoms with Crippen molar-refractivity contribution in [2.45, 2.75) is 33.1 Å². The van der Waals surface area contributed by atoms with Gasteiger partial charge in [0.15, 0.2) is 0 Å². The van der Waals surface area contributed by atoms with Crippen LogP contribution in [0.1, 0.15) is 33.1 Å². The largest absolute Gasteiger partial charge is 0.136 e. The molecular formula is C12H19N3O. The van der Waals surface area contributed by atoms with E-state index in [1.54, 1.807) is 0 Å². The van der Waals surface area contributed by atoms with Gasteiger partial charge >= 0.3 is 0 Å². The average Bonchev–Trinajstić information content (AvgIpc) is 2.28. The van der Waals surface area contributed by atoms with Crippen LogP contribution in [-0.2, 0) is 0 Å². The molecule has 0 aliphatic heterocycles.